The highest BCUT2D eigenvalue weighted by Crippen LogP contribution is 2.36. The second-order valence-corrected chi connectivity index (χ2v) is 9.68. The monoisotopic (exact) mass is 492 g/mol. The molecule has 2 aromatic rings. The van der Waals surface area contributed by atoms with Crippen molar-refractivity contribution < 1.29 is 23.9 Å². The molecule has 2 heterocycles. The van der Waals surface area contributed by atoms with Crippen LogP contribution in [-0.4, -0.2) is 60.9 Å². The topological polar surface area (TPSA) is 122 Å². The summed E-state index contributed by atoms with van der Waals surface area (Å²) in [5, 5.41) is 2.75. The van der Waals surface area contributed by atoms with Crippen LogP contribution in [0.1, 0.15) is 49.0 Å². The van der Waals surface area contributed by atoms with Gasteiger partial charge >= 0.3 is 6.09 Å². The standard InChI is InChI=1S/C27H32N4O5/c1-3-24(33)29-14-22-15-31(26(35)36-22)21-10-6-19(7-11-21)27(2)16-30(17-27)25(34)13-12-23(32)18-4-8-20(28)9-5-18/h4-11,22H,3,12-17,28H2,1-2H3,(H,29,33). The van der Waals surface area contributed by atoms with Gasteiger partial charge in [-0.05, 0) is 42.0 Å². The second kappa shape index (κ2) is 10.4. The summed E-state index contributed by atoms with van der Waals surface area (Å²) in [5.41, 5.74) is 8.43. The number of Topliss-reactive ketones (excluding diaryl/α,β-unsaturated/α-hetero) is 1. The molecule has 2 aliphatic heterocycles. The molecule has 0 radical (unpaired) electrons. The molecule has 3 N–H and O–H groups in total. The van der Waals surface area contributed by atoms with E-state index < -0.39 is 6.09 Å². The maximum Gasteiger partial charge on any atom is 0.414 e. The number of nitrogen functional groups attached to an aromatic ring is 1. The van der Waals surface area contributed by atoms with E-state index in [1.54, 1.807) is 41.0 Å². The molecule has 9 nitrogen and oxygen atoms in total. The molecular weight excluding hydrogens is 460 g/mol. The fourth-order valence-electron chi connectivity index (χ4n) is 4.58. The summed E-state index contributed by atoms with van der Waals surface area (Å²) in [6.07, 6.45) is -0.0912. The molecule has 1 unspecified atom stereocenters. The van der Waals surface area contributed by atoms with Gasteiger partial charge < -0.3 is 20.7 Å². The number of anilines is 2. The van der Waals surface area contributed by atoms with Gasteiger partial charge in [-0.2, -0.15) is 0 Å². The van der Waals surface area contributed by atoms with E-state index in [9.17, 15) is 19.2 Å². The predicted octanol–water partition coefficient (Wildman–Crippen LogP) is 2.88. The van der Waals surface area contributed by atoms with Crippen molar-refractivity contribution >= 4 is 35.1 Å². The first-order valence-corrected chi connectivity index (χ1v) is 12.2. The number of nitrogens with zero attached hydrogens (tertiary/aromatic N) is 2. The van der Waals surface area contributed by atoms with Crippen LogP contribution in [0.25, 0.3) is 0 Å². The Morgan fingerprint density at radius 2 is 1.72 bits per heavy atom. The Labute approximate surface area is 210 Å². The van der Waals surface area contributed by atoms with Crippen molar-refractivity contribution in [1.29, 1.82) is 0 Å². The number of nitrogens with two attached hydrogens (primary N) is 1. The average Bonchev–Trinajstić information content (AvgIpc) is 3.24. The Kier molecular flexibility index (Phi) is 7.28. The molecule has 2 saturated heterocycles. The van der Waals surface area contributed by atoms with Gasteiger partial charge in [-0.3, -0.25) is 19.3 Å². The first kappa shape index (κ1) is 25.2. The van der Waals surface area contributed by atoms with Crippen molar-refractivity contribution in [3.05, 3.63) is 59.7 Å². The van der Waals surface area contributed by atoms with E-state index in [0.29, 0.717) is 43.9 Å². The molecule has 0 aliphatic carbocycles. The van der Waals surface area contributed by atoms with Crippen LogP contribution in [0.2, 0.25) is 0 Å². The number of carbonyl (C=O) groups excluding carboxylic acids is 4. The number of benzene rings is 2. The highest BCUT2D eigenvalue weighted by molar-refractivity contribution is 5.98. The second-order valence-electron chi connectivity index (χ2n) is 9.68. The van der Waals surface area contributed by atoms with Crippen molar-refractivity contribution in [2.24, 2.45) is 0 Å². The fraction of sp³-hybridized carbons (Fsp3) is 0.407. The number of carbonyl (C=O) groups is 4. The number of rotatable bonds is 9. The molecule has 2 aromatic carbocycles. The third-order valence-electron chi connectivity index (χ3n) is 6.83. The molecule has 0 saturated carbocycles. The molecule has 9 heteroatoms. The van der Waals surface area contributed by atoms with Crippen LogP contribution >= 0.6 is 0 Å². The summed E-state index contributed by atoms with van der Waals surface area (Å²) in [7, 11) is 0. The SMILES string of the molecule is CCC(=O)NCC1CN(c2ccc(C3(C)CN(C(=O)CCC(=O)c4ccc(N)cc4)C3)cc2)C(=O)O1. The minimum absolute atomic E-state index is 0.0334. The quantitative estimate of drug-likeness (QED) is 0.410. The minimum Gasteiger partial charge on any atom is -0.442 e. The van der Waals surface area contributed by atoms with Crippen molar-refractivity contribution in [3.8, 4) is 0 Å². The van der Waals surface area contributed by atoms with Crippen molar-refractivity contribution in [1.82, 2.24) is 10.2 Å². The fourth-order valence-corrected chi connectivity index (χ4v) is 4.58. The smallest absolute Gasteiger partial charge is 0.414 e. The average molecular weight is 493 g/mol. The highest BCUT2D eigenvalue weighted by Gasteiger charge is 2.42. The van der Waals surface area contributed by atoms with Gasteiger partial charge in [0.05, 0.1) is 13.1 Å². The molecule has 0 spiro atoms. The van der Waals surface area contributed by atoms with Crippen LogP contribution in [0.15, 0.2) is 48.5 Å². The highest BCUT2D eigenvalue weighted by atomic mass is 16.6. The molecule has 3 amide bonds. The Bertz CT molecular complexity index is 1140. The molecule has 2 fully saturated rings. The van der Waals surface area contributed by atoms with E-state index in [1.165, 1.54) is 0 Å². The molecule has 190 valence electrons. The third-order valence-corrected chi connectivity index (χ3v) is 6.83. The summed E-state index contributed by atoms with van der Waals surface area (Å²) in [6.45, 7) is 5.68. The zero-order valence-electron chi connectivity index (χ0n) is 20.7. The van der Waals surface area contributed by atoms with E-state index in [4.69, 9.17) is 10.5 Å². The number of likely N-dealkylation sites (tertiary alicyclic amines) is 1. The molecule has 0 aromatic heterocycles. The number of hydrogen-bond acceptors (Lipinski definition) is 6. The lowest BCUT2D eigenvalue weighted by atomic mass is 9.75. The number of hydrogen-bond donors (Lipinski definition) is 2. The number of cyclic esters (lactones) is 1. The Morgan fingerprint density at radius 1 is 1.06 bits per heavy atom. The molecule has 4 rings (SSSR count). The molecule has 0 bridgehead atoms. The molecule has 36 heavy (non-hydrogen) atoms. The number of ether oxygens (including phenoxy) is 1. The minimum atomic E-state index is -0.432. The molecule has 2 aliphatic rings. The number of ketones is 1. The predicted molar refractivity (Wildman–Crippen MR) is 136 cm³/mol. The summed E-state index contributed by atoms with van der Waals surface area (Å²) in [5.74, 6) is -0.185. The lowest BCUT2D eigenvalue weighted by Gasteiger charge is -2.48. The van der Waals surface area contributed by atoms with Crippen LogP contribution in [0, 0.1) is 0 Å². The Hall–Kier alpha value is -3.88. The van der Waals surface area contributed by atoms with Gasteiger partial charge in [-0.1, -0.05) is 26.0 Å². The van der Waals surface area contributed by atoms with Crippen molar-refractivity contribution in [2.45, 2.75) is 44.6 Å². The van der Waals surface area contributed by atoms with Gasteiger partial charge in [0, 0.05) is 54.7 Å². The normalized spacial score (nSPS) is 18.4. The maximum absolute atomic E-state index is 12.6. The number of nitrogens with one attached hydrogen (secondary N) is 1. The van der Waals surface area contributed by atoms with Gasteiger partial charge in [0.2, 0.25) is 11.8 Å². The van der Waals surface area contributed by atoms with Gasteiger partial charge in [0.25, 0.3) is 0 Å². The van der Waals surface area contributed by atoms with E-state index in [0.717, 1.165) is 11.3 Å². The van der Waals surface area contributed by atoms with Crippen LogP contribution in [0.4, 0.5) is 16.2 Å². The maximum atomic E-state index is 12.6. The van der Waals surface area contributed by atoms with Crippen LogP contribution in [0.5, 0.6) is 0 Å². The van der Waals surface area contributed by atoms with Gasteiger partial charge in [-0.25, -0.2) is 4.79 Å². The lowest BCUT2D eigenvalue weighted by Crippen LogP contribution is -2.59. The Balaban J connectivity index is 1.27. The van der Waals surface area contributed by atoms with Crippen LogP contribution in [-0.2, 0) is 19.7 Å². The van der Waals surface area contributed by atoms with Crippen molar-refractivity contribution in [3.63, 3.8) is 0 Å². The van der Waals surface area contributed by atoms with Gasteiger partial charge in [-0.15, -0.1) is 0 Å². The summed E-state index contributed by atoms with van der Waals surface area (Å²) >= 11 is 0. The van der Waals surface area contributed by atoms with Gasteiger partial charge in [0.1, 0.15) is 6.10 Å². The first-order valence-electron chi connectivity index (χ1n) is 12.2. The van der Waals surface area contributed by atoms with E-state index in [1.807, 2.05) is 24.3 Å². The van der Waals surface area contributed by atoms with Crippen LogP contribution < -0.4 is 16.0 Å². The lowest BCUT2D eigenvalue weighted by molar-refractivity contribution is -0.138. The van der Waals surface area contributed by atoms with E-state index in [-0.39, 0.29) is 42.0 Å². The Morgan fingerprint density at radius 3 is 2.36 bits per heavy atom. The zero-order chi connectivity index (χ0) is 25.9. The first-order chi connectivity index (χ1) is 17.2. The summed E-state index contributed by atoms with van der Waals surface area (Å²) in [6, 6.07) is 14.4. The van der Waals surface area contributed by atoms with E-state index >= 15 is 0 Å². The largest absolute Gasteiger partial charge is 0.442 e. The van der Waals surface area contributed by atoms with Crippen molar-refractivity contribution in [2.75, 3.05) is 36.8 Å². The zero-order valence-corrected chi connectivity index (χ0v) is 20.7. The van der Waals surface area contributed by atoms with Crippen LogP contribution in [0.3, 0.4) is 0 Å². The molecule has 1 atom stereocenters. The summed E-state index contributed by atoms with van der Waals surface area (Å²) < 4.78 is 5.37. The van der Waals surface area contributed by atoms with Gasteiger partial charge in [0.15, 0.2) is 5.78 Å². The number of amides is 3. The molecular formula is C27H32N4O5. The third kappa shape index (κ3) is 5.50. The van der Waals surface area contributed by atoms with E-state index in [2.05, 4.69) is 12.2 Å². The summed E-state index contributed by atoms with van der Waals surface area (Å²) in [4.78, 5) is 52.0.